The van der Waals surface area contributed by atoms with Gasteiger partial charge in [0.25, 0.3) is 5.91 Å². The highest BCUT2D eigenvalue weighted by molar-refractivity contribution is 5.96. The Morgan fingerprint density at radius 1 is 0.917 bits per heavy atom. The molecular weight excluding hydrogens is 620 g/mol. The molecule has 3 heterocycles. The van der Waals surface area contributed by atoms with Gasteiger partial charge in [-0.05, 0) is 28.8 Å². The Kier molecular flexibility index (Phi) is 10.5. The first-order valence-corrected chi connectivity index (χ1v) is 15.6. The molecule has 14 heteroatoms. The van der Waals surface area contributed by atoms with Gasteiger partial charge in [-0.15, -0.1) is 0 Å². The van der Waals surface area contributed by atoms with E-state index in [1.807, 2.05) is 42.5 Å². The summed E-state index contributed by atoms with van der Waals surface area (Å²) in [5, 5.41) is 16.6. The number of hydrogen-bond acceptors (Lipinski definition) is 8. The number of carbonyl (C=O) groups is 6. The van der Waals surface area contributed by atoms with Gasteiger partial charge < -0.3 is 35.2 Å². The van der Waals surface area contributed by atoms with Crippen molar-refractivity contribution in [1.29, 1.82) is 0 Å². The number of nitrogens with zero attached hydrogens (tertiary/aromatic N) is 4. The molecule has 14 nitrogen and oxygen atoms in total. The predicted molar refractivity (Wildman–Crippen MR) is 173 cm³/mol. The molecule has 3 atom stereocenters. The van der Waals surface area contributed by atoms with Gasteiger partial charge in [0, 0.05) is 45.8 Å². The fourth-order valence-corrected chi connectivity index (χ4v) is 5.99. The lowest BCUT2D eigenvalue weighted by atomic mass is 10.0. The molecule has 0 spiro atoms. The molecule has 0 saturated carbocycles. The van der Waals surface area contributed by atoms with Gasteiger partial charge in [-0.1, -0.05) is 42.5 Å². The Balaban J connectivity index is 1.33. The van der Waals surface area contributed by atoms with Crippen molar-refractivity contribution in [3.63, 3.8) is 0 Å². The first-order valence-electron chi connectivity index (χ1n) is 15.6. The molecule has 3 aromatic rings. The van der Waals surface area contributed by atoms with Crippen molar-refractivity contribution in [3.05, 3.63) is 72.1 Å². The molecule has 2 aliphatic rings. The molecule has 252 valence electrons. The van der Waals surface area contributed by atoms with E-state index < -0.39 is 48.1 Å². The molecule has 1 fully saturated rings. The summed E-state index contributed by atoms with van der Waals surface area (Å²) in [5.74, 6) is -3.28. The van der Waals surface area contributed by atoms with Gasteiger partial charge in [0.1, 0.15) is 18.4 Å². The minimum Gasteiger partial charge on any atom is -0.490 e. The van der Waals surface area contributed by atoms with E-state index in [1.165, 1.54) is 37.5 Å². The molecule has 0 aliphatic carbocycles. The fraction of sp³-hybridized carbons (Fsp3) is 0.382. The van der Waals surface area contributed by atoms with E-state index in [0.717, 1.165) is 21.2 Å². The number of amides is 5. The van der Waals surface area contributed by atoms with Gasteiger partial charge in [0.2, 0.25) is 23.6 Å². The number of carboxylic acid groups (broad SMARTS) is 1. The zero-order chi connectivity index (χ0) is 34.4. The first-order chi connectivity index (χ1) is 23.0. The number of benzene rings is 2. The molecule has 5 amide bonds. The van der Waals surface area contributed by atoms with Crippen molar-refractivity contribution in [2.24, 2.45) is 0 Å². The average molecular weight is 659 g/mol. The van der Waals surface area contributed by atoms with E-state index in [2.05, 4.69) is 15.6 Å². The molecule has 0 unspecified atom stereocenters. The van der Waals surface area contributed by atoms with Crippen LogP contribution >= 0.6 is 0 Å². The highest BCUT2D eigenvalue weighted by Gasteiger charge is 2.38. The zero-order valence-electron chi connectivity index (χ0n) is 26.8. The standard InChI is InChI=1S/C34H38N6O8/c1-38-18-28(37-29(41)9-10-32(44)45)34(47)39(2)19-31(43)40-17-25(14-26(40)20-48-27-13-24(33(38)46)15-35-16-27)36-30(42)12-21-7-8-22-5-3-4-6-23(22)11-21/h3-8,11,13,15-16,25-26,28H,9-10,12,14,17-20H2,1-2H3,(H,36,42)(H,37,41)(H,44,45)/t25-,26-,28-/m0/s1. The van der Waals surface area contributed by atoms with Crippen LogP contribution in [0.15, 0.2) is 60.9 Å². The highest BCUT2D eigenvalue weighted by atomic mass is 16.5. The number of pyridine rings is 1. The molecule has 5 rings (SSSR count). The van der Waals surface area contributed by atoms with E-state index in [9.17, 15) is 28.8 Å². The minimum atomic E-state index is -1.26. The van der Waals surface area contributed by atoms with E-state index >= 15 is 0 Å². The average Bonchev–Trinajstić information content (AvgIpc) is 3.47. The number of aliphatic carboxylic acids is 1. The molecule has 1 saturated heterocycles. The monoisotopic (exact) mass is 658 g/mol. The summed E-state index contributed by atoms with van der Waals surface area (Å²) in [6, 6.07) is 13.2. The van der Waals surface area contributed by atoms with E-state index in [4.69, 9.17) is 9.84 Å². The maximum Gasteiger partial charge on any atom is 0.303 e. The Hall–Kier alpha value is -5.53. The van der Waals surface area contributed by atoms with Crippen LogP contribution in [-0.4, -0.2) is 119 Å². The quantitative estimate of drug-likeness (QED) is 0.332. The van der Waals surface area contributed by atoms with Crippen LogP contribution in [0.4, 0.5) is 0 Å². The van der Waals surface area contributed by atoms with Gasteiger partial charge in [-0.3, -0.25) is 33.8 Å². The van der Waals surface area contributed by atoms with Gasteiger partial charge in [0.15, 0.2) is 0 Å². The number of aromatic nitrogens is 1. The maximum atomic E-state index is 13.7. The summed E-state index contributed by atoms with van der Waals surface area (Å²) in [7, 11) is 2.86. The Labute approximate surface area is 277 Å². The summed E-state index contributed by atoms with van der Waals surface area (Å²) in [5.41, 5.74) is 1.04. The maximum absolute atomic E-state index is 13.7. The lowest BCUT2D eigenvalue weighted by Crippen LogP contribution is -2.55. The molecule has 48 heavy (non-hydrogen) atoms. The molecule has 2 aliphatic heterocycles. The number of likely N-dealkylation sites (N-methyl/N-ethyl adjacent to an activating group) is 2. The van der Waals surface area contributed by atoms with Crippen molar-refractivity contribution < 1.29 is 38.6 Å². The Bertz CT molecular complexity index is 1730. The van der Waals surface area contributed by atoms with E-state index in [1.54, 1.807) is 4.90 Å². The summed E-state index contributed by atoms with van der Waals surface area (Å²) in [4.78, 5) is 85.2. The Morgan fingerprint density at radius 3 is 2.46 bits per heavy atom. The summed E-state index contributed by atoms with van der Waals surface area (Å²) >= 11 is 0. The van der Waals surface area contributed by atoms with Crippen molar-refractivity contribution in [3.8, 4) is 5.75 Å². The van der Waals surface area contributed by atoms with Crippen LogP contribution in [-0.2, 0) is 30.4 Å². The van der Waals surface area contributed by atoms with Crippen LogP contribution in [0.25, 0.3) is 10.8 Å². The molecule has 3 N–H and O–H groups in total. The van der Waals surface area contributed by atoms with Crippen LogP contribution in [0, 0.1) is 0 Å². The lowest BCUT2D eigenvalue weighted by molar-refractivity contribution is -0.142. The van der Waals surface area contributed by atoms with Crippen LogP contribution in [0.5, 0.6) is 5.75 Å². The third-order valence-electron chi connectivity index (χ3n) is 8.43. The lowest BCUT2D eigenvalue weighted by Gasteiger charge is -2.30. The highest BCUT2D eigenvalue weighted by Crippen LogP contribution is 2.22. The number of carboxylic acids is 1. The largest absolute Gasteiger partial charge is 0.490 e. The fourth-order valence-electron chi connectivity index (χ4n) is 5.99. The molecule has 1 aromatic heterocycles. The van der Waals surface area contributed by atoms with Crippen molar-refractivity contribution in [1.82, 2.24) is 30.3 Å². The zero-order valence-corrected chi connectivity index (χ0v) is 26.8. The SMILES string of the molecule is CN1C[C@H](NC(=O)CCC(=O)O)C(=O)N(C)CC(=O)N2C[C@@H](NC(=O)Cc3ccc4ccccc4c3)C[C@H]2COc2cncc(c2)C1=O. The third-order valence-corrected chi connectivity index (χ3v) is 8.43. The van der Waals surface area contributed by atoms with Crippen LogP contribution in [0.2, 0.25) is 0 Å². The Morgan fingerprint density at radius 2 is 1.69 bits per heavy atom. The van der Waals surface area contributed by atoms with Gasteiger partial charge >= 0.3 is 5.97 Å². The number of hydrogen-bond donors (Lipinski definition) is 3. The number of carbonyl (C=O) groups excluding carboxylic acids is 5. The van der Waals surface area contributed by atoms with Crippen LogP contribution < -0.4 is 15.4 Å². The summed E-state index contributed by atoms with van der Waals surface area (Å²) in [6.07, 6.45) is 2.54. The molecule has 2 bridgehead atoms. The second-order valence-corrected chi connectivity index (χ2v) is 12.2. The number of ether oxygens (including phenoxy) is 1. The molecule has 2 aromatic carbocycles. The predicted octanol–water partition coefficient (Wildman–Crippen LogP) is 0.836. The number of fused-ring (bicyclic) bond motifs is 4. The normalized spacial score (nSPS) is 20.4. The topological polar surface area (TPSA) is 179 Å². The van der Waals surface area contributed by atoms with E-state index in [-0.39, 0.29) is 56.6 Å². The summed E-state index contributed by atoms with van der Waals surface area (Å²) in [6.45, 7) is -0.357. The van der Waals surface area contributed by atoms with Gasteiger partial charge in [-0.2, -0.15) is 0 Å². The minimum absolute atomic E-state index is 0.0534. The van der Waals surface area contributed by atoms with Crippen LogP contribution in [0.3, 0.4) is 0 Å². The first kappa shape index (κ1) is 33.8. The molecule has 0 radical (unpaired) electrons. The van der Waals surface area contributed by atoms with E-state index in [0.29, 0.717) is 12.2 Å². The third kappa shape index (κ3) is 8.43. The van der Waals surface area contributed by atoms with Crippen LogP contribution in [0.1, 0.15) is 35.2 Å². The second kappa shape index (κ2) is 14.9. The molecular formula is C34H38N6O8. The summed E-state index contributed by atoms with van der Waals surface area (Å²) < 4.78 is 6.00. The number of rotatable bonds is 7. The van der Waals surface area contributed by atoms with Gasteiger partial charge in [-0.25, -0.2) is 0 Å². The van der Waals surface area contributed by atoms with Crippen molar-refractivity contribution in [2.45, 2.75) is 43.8 Å². The van der Waals surface area contributed by atoms with Crippen molar-refractivity contribution in [2.75, 3.05) is 40.3 Å². The van der Waals surface area contributed by atoms with Gasteiger partial charge in [0.05, 0.1) is 37.2 Å². The smallest absolute Gasteiger partial charge is 0.303 e. The van der Waals surface area contributed by atoms with Crippen molar-refractivity contribution >= 4 is 46.3 Å². The number of nitrogens with one attached hydrogen (secondary N) is 2. The second-order valence-electron chi connectivity index (χ2n) is 12.2.